The maximum absolute atomic E-state index is 6.09. The molecule has 0 aliphatic carbocycles. The molecule has 26 heavy (non-hydrogen) atoms. The Morgan fingerprint density at radius 1 is 1.04 bits per heavy atom. The van der Waals surface area contributed by atoms with Crippen molar-refractivity contribution in [1.29, 1.82) is 0 Å². The number of benzene rings is 2. The summed E-state index contributed by atoms with van der Waals surface area (Å²) >= 11 is 9.04. The van der Waals surface area contributed by atoms with Crippen LogP contribution in [-0.4, -0.2) is 24.4 Å². The highest BCUT2D eigenvalue weighted by molar-refractivity contribution is 7.98. The highest BCUT2D eigenvalue weighted by atomic mass is 35.5. The van der Waals surface area contributed by atoms with Gasteiger partial charge >= 0.3 is 0 Å². The van der Waals surface area contributed by atoms with Crippen LogP contribution in [0.15, 0.2) is 59.8 Å². The van der Waals surface area contributed by atoms with Crippen molar-refractivity contribution in [2.24, 2.45) is 0 Å². The molecule has 0 saturated heterocycles. The molecule has 130 valence electrons. The van der Waals surface area contributed by atoms with Gasteiger partial charge in [-0.2, -0.15) is 0 Å². The Morgan fingerprint density at radius 3 is 2.62 bits per heavy atom. The van der Waals surface area contributed by atoms with E-state index in [0.29, 0.717) is 0 Å². The van der Waals surface area contributed by atoms with Crippen LogP contribution in [0, 0.1) is 6.92 Å². The number of aromatic nitrogens is 5. The lowest BCUT2D eigenvalue weighted by molar-refractivity contribution is 0.886. The molecule has 5 nitrogen and oxygen atoms in total. The zero-order valence-corrected chi connectivity index (χ0v) is 16.2. The zero-order chi connectivity index (χ0) is 17.9. The van der Waals surface area contributed by atoms with Crippen LogP contribution in [-0.2, 0) is 5.75 Å². The summed E-state index contributed by atoms with van der Waals surface area (Å²) in [6.45, 7) is 1.93. The summed E-state index contributed by atoms with van der Waals surface area (Å²) in [5, 5.41) is 14.5. The first-order chi connectivity index (χ1) is 12.7. The molecule has 0 amide bonds. The molecule has 2 heterocycles. The summed E-state index contributed by atoms with van der Waals surface area (Å²) in [5.41, 5.74) is 3.00. The number of hydrogen-bond donors (Lipinski definition) is 0. The summed E-state index contributed by atoms with van der Waals surface area (Å²) in [6.07, 6.45) is 0. The first-order valence-corrected chi connectivity index (χ1v) is 10.0. The second-order valence-corrected chi connectivity index (χ2v) is 7.72. The average molecular weight is 400 g/mol. The molecule has 0 N–H and O–H groups in total. The van der Waals surface area contributed by atoms with Crippen LogP contribution in [0.25, 0.3) is 16.4 Å². The predicted molar refractivity (Wildman–Crippen MR) is 106 cm³/mol. The van der Waals surface area contributed by atoms with Gasteiger partial charge in [-0.1, -0.05) is 58.2 Å². The molecule has 0 atom stereocenters. The van der Waals surface area contributed by atoms with Gasteiger partial charge < -0.3 is 0 Å². The lowest BCUT2D eigenvalue weighted by atomic mass is 10.2. The molecular formula is C18H14ClN5S2. The molecule has 0 spiro atoms. The van der Waals surface area contributed by atoms with Crippen LogP contribution >= 0.6 is 34.9 Å². The van der Waals surface area contributed by atoms with Gasteiger partial charge in [-0.3, -0.25) is 4.57 Å². The van der Waals surface area contributed by atoms with Gasteiger partial charge in [-0.25, -0.2) is 0 Å². The zero-order valence-electron chi connectivity index (χ0n) is 13.8. The second-order valence-electron chi connectivity index (χ2n) is 5.58. The van der Waals surface area contributed by atoms with Gasteiger partial charge in [0, 0.05) is 16.5 Å². The molecule has 0 bridgehead atoms. The number of aryl methyl sites for hydroxylation is 1. The van der Waals surface area contributed by atoms with E-state index in [2.05, 4.69) is 30.4 Å². The molecule has 0 unspecified atom stereocenters. The fourth-order valence-electron chi connectivity index (χ4n) is 2.53. The van der Waals surface area contributed by atoms with Crippen molar-refractivity contribution in [1.82, 2.24) is 24.4 Å². The normalized spacial score (nSPS) is 11.0. The third-order valence-corrected chi connectivity index (χ3v) is 5.82. The number of hydrogen-bond acceptors (Lipinski definition) is 6. The Kier molecular flexibility index (Phi) is 5.01. The third-order valence-electron chi connectivity index (χ3n) is 3.76. The minimum Gasteiger partial charge on any atom is -0.269 e. The SMILES string of the molecule is Cc1nnsc1-c1nnc(SCc2cccc(Cl)c2)n1-c1ccccc1. The monoisotopic (exact) mass is 399 g/mol. The van der Waals surface area contributed by atoms with Crippen LogP contribution in [0.1, 0.15) is 11.3 Å². The Hall–Kier alpha value is -2.22. The molecule has 0 fully saturated rings. The van der Waals surface area contributed by atoms with E-state index in [9.17, 15) is 0 Å². The first-order valence-electron chi connectivity index (χ1n) is 7.90. The summed E-state index contributed by atoms with van der Waals surface area (Å²) in [7, 11) is 0. The van der Waals surface area contributed by atoms with Crippen molar-refractivity contribution in [3.8, 4) is 16.4 Å². The topological polar surface area (TPSA) is 56.5 Å². The van der Waals surface area contributed by atoms with Gasteiger partial charge in [-0.15, -0.1) is 15.3 Å². The largest absolute Gasteiger partial charge is 0.269 e. The van der Waals surface area contributed by atoms with Crippen molar-refractivity contribution >= 4 is 34.9 Å². The van der Waals surface area contributed by atoms with Crippen LogP contribution in [0.2, 0.25) is 5.02 Å². The van der Waals surface area contributed by atoms with E-state index in [4.69, 9.17) is 11.6 Å². The average Bonchev–Trinajstić information content (AvgIpc) is 3.26. The number of nitrogens with zero attached hydrogens (tertiary/aromatic N) is 5. The molecule has 0 saturated carbocycles. The second kappa shape index (κ2) is 7.57. The van der Waals surface area contributed by atoms with E-state index >= 15 is 0 Å². The number of para-hydroxylation sites is 1. The van der Waals surface area contributed by atoms with Crippen LogP contribution in [0.3, 0.4) is 0 Å². The molecule has 2 aromatic carbocycles. The highest BCUT2D eigenvalue weighted by Gasteiger charge is 2.19. The van der Waals surface area contributed by atoms with Crippen molar-refractivity contribution in [3.05, 3.63) is 70.9 Å². The van der Waals surface area contributed by atoms with Gasteiger partial charge in [0.2, 0.25) is 0 Å². The van der Waals surface area contributed by atoms with Crippen molar-refractivity contribution in [2.75, 3.05) is 0 Å². The molecule has 8 heteroatoms. The van der Waals surface area contributed by atoms with E-state index in [0.717, 1.165) is 43.6 Å². The van der Waals surface area contributed by atoms with E-state index < -0.39 is 0 Å². The first kappa shape index (κ1) is 17.2. The van der Waals surface area contributed by atoms with E-state index in [1.807, 2.05) is 55.5 Å². The lowest BCUT2D eigenvalue weighted by Gasteiger charge is -2.09. The minimum absolute atomic E-state index is 0.736. The molecule has 0 radical (unpaired) electrons. The Labute approximate surface area is 164 Å². The number of thioether (sulfide) groups is 1. The molecular weight excluding hydrogens is 386 g/mol. The predicted octanol–water partition coefficient (Wildman–Crippen LogP) is 5.04. The smallest absolute Gasteiger partial charge is 0.196 e. The van der Waals surface area contributed by atoms with Crippen LogP contribution < -0.4 is 0 Å². The Bertz CT molecular complexity index is 1030. The fraction of sp³-hybridized carbons (Fsp3) is 0.111. The summed E-state index contributed by atoms with van der Waals surface area (Å²) in [5.74, 6) is 1.52. The maximum Gasteiger partial charge on any atom is 0.196 e. The standard InChI is InChI=1S/C18H14ClN5S2/c1-12-16(26-23-20-12)17-21-22-18(24(17)15-8-3-2-4-9-15)25-11-13-6-5-7-14(19)10-13/h2-10H,11H2,1H3. The molecule has 4 rings (SSSR count). The highest BCUT2D eigenvalue weighted by Crippen LogP contribution is 2.32. The van der Waals surface area contributed by atoms with Gasteiger partial charge in [0.25, 0.3) is 0 Å². The van der Waals surface area contributed by atoms with E-state index in [-0.39, 0.29) is 0 Å². The number of halogens is 1. The fourth-order valence-corrected chi connectivity index (χ4v) is 4.27. The minimum atomic E-state index is 0.736. The van der Waals surface area contributed by atoms with Crippen molar-refractivity contribution in [2.45, 2.75) is 17.8 Å². The van der Waals surface area contributed by atoms with Gasteiger partial charge in [0.05, 0.1) is 5.69 Å². The Balaban J connectivity index is 1.73. The quantitative estimate of drug-likeness (QED) is 0.440. The van der Waals surface area contributed by atoms with Gasteiger partial charge in [-0.05, 0) is 48.3 Å². The lowest BCUT2D eigenvalue weighted by Crippen LogP contribution is -1.99. The molecule has 0 aliphatic heterocycles. The maximum atomic E-state index is 6.09. The summed E-state index contributed by atoms with van der Waals surface area (Å²) < 4.78 is 6.09. The van der Waals surface area contributed by atoms with Crippen LogP contribution in [0.5, 0.6) is 0 Å². The Morgan fingerprint density at radius 2 is 1.88 bits per heavy atom. The molecule has 2 aromatic heterocycles. The summed E-state index contributed by atoms with van der Waals surface area (Å²) in [4.78, 5) is 0.927. The van der Waals surface area contributed by atoms with E-state index in [1.165, 1.54) is 11.5 Å². The van der Waals surface area contributed by atoms with Crippen molar-refractivity contribution in [3.63, 3.8) is 0 Å². The molecule has 0 aliphatic rings. The van der Waals surface area contributed by atoms with Crippen LogP contribution in [0.4, 0.5) is 0 Å². The van der Waals surface area contributed by atoms with Gasteiger partial charge in [0.1, 0.15) is 4.88 Å². The van der Waals surface area contributed by atoms with E-state index in [1.54, 1.807) is 11.8 Å². The van der Waals surface area contributed by atoms with Crippen molar-refractivity contribution < 1.29 is 0 Å². The number of rotatable bonds is 5. The van der Waals surface area contributed by atoms with Gasteiger partial charge in [0.15, 0.2) is 11.0 Å². The third kappa shape index (κ3) is 3.51. The molecule has 4 aromatic rings. The summed E-state index contributed by atoms with van der Waals surface area (Å²) in [6, 6.07) is 17.9.